The van der Waals surface area contributed by atoms with Crippen molar-refractivity contribution in [3.8, 4) is 5.75 Å². The molecule has 2 unspecified atom stereocenters. The van der Waals surface area contributed by atoms with E-state index in [-0.39, 0.29) is 23.1 Å². The summed E-state index contributed by atoms with van der Waals surface area (Å²) in [5.74, 6) is 0.150. The standard InChI is InChI=1S/C12H17NO4S/c1-9-6-7-13(8-12(9)15)18(16,17)11-4-2-10(14)3-5-11/h2-5,9,12,14-15H,6-8H2,1H3. The molecule has 1 saturated heterocycles. The van der Waals surface area contributed by atoms with E-state index in [0.29, 0.717) is 13.0 Å². The Morgan fingerprint density at radius 1 is 1.28 bits per heavy atom. The van der Waals surface area contributed by atoms with Crippen LogP contribution < -0.4 is 0 Å². The first kappa shape index (κ1) is 13.3. The van der Waals surface area contributed by atoms with Crippen molar-refractivity contribution in [3.05, 3.63) is 24.3 Å². The Bertz CT molecular complexity index is 511. The molecule has 2 atom stereocenters. The summed E-state index contributed by atoms with van der Waals surface area (Å²) >= 11 is 0. The molecule has 18 heavy (non-hydrogen) atoms. The highest BCUT2D eigenvalue weighted by Gasteiger charge is 2.32. The Morgan fingerprint density at radius 3 is 2.44 bits per heavy atom. The van der Waals surface area contributed by atoms with Gasteiger partial charge in [0.1, 0.15) is 5.75 Å². The molecule has 2 N–H and O–H groups in total. The van der Waals surface area contributed by atoms with Gasteiger partial charge in [0.2, 0.25) is 10.0 Å². The molecule has 0 saturated carbocycles. The first-order chi connectivity index (χ1) is 8.41. The highest BCUT2D eigenvalue weighted by atomic mass is 32.2. The zero-order chi connectivity index (χ0) is 13.3. The summed E-state index contributed by atoms with van der Waals surface area (Å²) in [5.41, 5.74) is 0. The number of aliphatic hydroxyl groups excluding tert-OH is 1. The van der Waals surface area contributed by atoms with Crippen LogP contribution in [0.25, 0.3) is 0 Å². The molecule has 0 aliphatic carbocycles. The van der Waals surface area contributed by atoms with Crippen LogP contribution in [0.3, 0.4) is 0 Å². The summed E-state index contributed by atoms with van der Waals surface area (Å²) in [7, 11) is -3.57. The van der Waals surface area contributed by atoms with Crippen LogP contribution in [0.2, 0.25) is 0 Å². The van der Waals surface area contributed by atoms with Crippen LogP contribution in [0.15, 0.2) is 29.2 Å². The van der Waals surface area contributed by atoms with E-state index in [4.69, 9.17) is 5.11 Å². The number of phenolic OH excluding ortho intramolecular Hbond substituents is 1. The molecule has 1 aliphatic rings. The second-order valence-electron chi connectivity index (χ2n) is 4.69. The molecular weight excluding hydrogens is 254 g/mol. The van der Waals surface area contributed by atoms with Gasteiger partial charge in [-0.2, -0.15) is 4.31 Å². The Balaban J connectivity index is 2.24. The van der Waals surface area contributed by atoms with Gasteiger partial charge in [0, 0.05) is 13.1 Å². The van der Waals surface area contributed by atoms with Crippen molar-refractivity contribution in [1.82, 2.24) is 4.31 Å². The first-order valence-corrected chi connectivity index (χ1v) is 7.32. The third-order valence-electron chi connectivity index (χ3n) is 3.36. The lowest BCUT2D eigenvalue weighted by Crippen LogP contribution is -2.45. The maximum Gasteiger partial charge on any atom is 0.243 e. The van der Waals surface area contributed by atoms with Gasteiger partial charge in [-0.3, -0.25) is 0 Å². The number of piperidine rings is 1. The van der Waals surface area contributed by atoms with Gasteiger partial charge in [0.25, 0.3) is 0 Å². The molecule has 0 bridgehead atoms. The molecule has 5 nitrogen and oxygen atoms in total. The normalized spacial score (nSPS) is 26.1. The molecule has 1 aliphatic heterocycles. The first-order valence-electron chi connectivity index (χ1n) is 5.88. The fourth-order valence-corrected chi connectivity index (χ4v) is 3.48. The van der Waals surface area contributed by atoms with Crippen molar-refractivity contribution in [2.24, 2.45) is 5.92 Å². The van der Waals surface area contributed by atoms with Crippen LogP contribution in [0, 0.1) is 5.92 Å². The van der Waals surface area contributed by atoms with E-state index in [2.05, 4.69) is 0 Å². The van der Waals surface area contributed by atoms with E-state index in [1.165, 1.54) is 28.6 Å². The fourth-order valence-electron chi connectivity index (χ4n) is 2.01. The van der Waals surface area contributed by atoms with E-state index in [1.807, 2.05) is 6.92 Å². The molecular formula is C12H17NO4S. The van der Waals surface area contributed by atoms with Gasteiger partial charge >= 0.3 is 0 Å². The highest BCUT2D eigenvalue weighted by Crippen LogP contribution is 2.24. The number of nitrogens with zero attached hydrogens (tertiary/aromatic N) is 1. The zero-order valence-electron chi connectivity index (χ0n) is 10.2. The zero-order valence-corrected chi connectivity index (χ0v) is 11.0. The van der Waals surface area contributed by atoms with Crippen LogP contribution in [-0.2, 0) is 10.0 Å². The van der Waals surface area contributed by atoms with Gasteiger partial charge in [-0.1, -0.05) is 6.92 Å². The molecule has 0 radical (unpaired) electrons. The summed E-state index contributed by atoms with van der Waals surface area (Å²) in [6, 6.07) is 5.43. The fraction of sp³-hybridized carbons (Fsp3) is 0.500. The van der Waals surface area contributed by atoms with Crippen LogP contribution in [-0.4, -0.2) is 42.1 Å². The Kier molecular flexibility index (Phi) is 3.61. The van der Waals surface area contributed by atoms with Crippen molar-refractivity contribution >= 4 is 10.0 Å². The average Bonchev–Trinajstić information content (AvgIpc) is 2.33. The van der Waals surface area contributed by atoms with Crippen molar-refractivity contribution in [3.63, 3.8) is 0 Å². The Hall–Kier alpha value is -1.11. The number of β-amino-alcohol motifs (C(OH)–C–C–N with tert-alkyl or cyclic N) is 1. The largest absolute Gasteiger partial charge is 0.508 e. The molecule has 2 rings (SSSR count). The number of benzene rings is 1. The number of rotatable bonds is 2. The third kappa shape index (κ3) is 2.50. The lowest BCUT2D eigenvalue weighted by molar-refractivity contribution is 0.0605. The Labute approximate surface area is 107 Å². The predicted molar refractivity (Wildman–Crippen MR) is 66.7 cm³/mol. The van der Waals surface area contributed by atoms with E-state index < -0.39 is 16.1 Å². The highest BCUT2D eigenvalue weighted by molar-refractivity contribution is 7.89. The van der Waals surface area contributed by atoms with Crippen molar-refractivity contribution in [2.75, 3.05) is 13.1 Å². The summed E-state index contributed by atoms with van der Waals surface area (Å²) in [6.45, 7) is 2.46. The summed E-state index contributed by atoms with van der Waals surface area (Å²) in [4.78, 5) is 0.141. The molecule has 1 fully saturated rings. The predicted octanol–water partition coefficient (Wildman–Crippen LogP) is 0.784. The molecule has 0 spiro atoms. The topological polar surface area (TPSA) is 77.8 Å². The maximum atomic E-state index is 12.3. The molecule has 1 aromatic rings. The minimum Gasteiger partial charge on any atom is -0.508 e. The van der Waals surface area contributed by atoms with Crippen molar-refractivity contribution < 1.29 is 18.6 Å². The number of sulfonamides is 1. The van der Waals surface area contributed by atoms with Crippen LogP contribution in [0.4, 0.5) is 0 Å². The van der Waals surface area contributed by atoms with Gasteiger partial charge < -0.3 is 10.2 Å². The minimum absolute atomic E-state index is 0.0289. The van der Waals surface area contributed by atoms with E-state index in [0.717, 1.165) is 0 Å². The summed E-state index contributed by atoms with van der Waals surface area (Å²) in [6.07, 6.45) is 0.0315. The van der Waals surface area contributed by atoms with E-state index >= 15 is 0 Å². The molecule has 0 aromatic heterocycles. The number of aliphatic hydroxyl groups is 1. The number of hydrogen-bond acceptors (Lipinski definition) is 4. The van der Waals surface area contributed by atoms with Crippen LogP contribution in [0.1, 0.15) is 13.3 Å². The summed E-state index contributed by atoms with van der Waals surface area (Å²) in [5, 5.41) is 18.9. The van der Waals surface area contributed by atoms with Crippen LogP contribution in [0.5, 0.6) is 5.75 Å². The molecule has 6 heteroatoms. The Morgan fingerprint density at radius 2 is 1.89 bits per heavy atom. The van der Waals surface area contributed by atoms with Gasteiger partial charge in [-0.15, -0.1) is 0 Å². The maximum absolute atomic E-state index is 12.3. The second kappa shape index (κ2) is 4.87. The lowest BCUT2D eigenvalue weighted by Gasteiger charge is -2.33. The van der Waals surface area contributed by atoms with Gasteiger partial charge in [0.15, 0.2) is 0 Å². The SMILES string of the molecule is CC1CCN(S(=O)(=O)c2ccc(O)cc2)CC1O. The van der Waals surface area contributed by atoms with Crippen molar-refractivity contribution in [2.45, 2.75) is 24.3 Å². The van der Waals surface area contributed by atoms with Gasteiger partial charge in [-0.05, 0) is 36.6 Å². The molecule has 1 aromatic carbocycles. The monoisotopic (exact) mass is 271 g/mol. The minimum atomic E-state index is -3.57. The summed E-state index contributed by atoms with van der Waals surface area (Å²) < 4.78 is 25.9. The molecule has 100 valence electrons. The van der Waals surface area contributed by atoms with Gasteiger partial charge in [0.05, 0.1) is 11.0 Å². The lowest BCUT2D eigenvalue weighted by atomic mass is 9.98. The number of hydrogen-bond donors (Lipinski definition) is 2. The smallest absolute Gasteiger partial charge is 0.243 e. The second-order valence-corrected chi connectivity index (χ2v) is 6.63. The van der Waals surface area contributed by atoms with E-state index in [9.17, 15) is 13.5 Å². The number of phenols is 1. The van der Waals surface area contributed by atoms with Gasteiger partial charge in [-0.25, -0.2) is 8.42 Å². The average molecular weight is 271 g/mol. The quantitative estimate of drug-likeness (QED) is 0.833. The van der Waals surface area contributed by atoms with Crippen LogP contribution >= 0.6 is 0 Å². The number of aromatic hydroxyl groups is 1. The molecule has 0 amide bonds. The third-order valence-corrected chi connectivity index (χ3v) is 5.24. The molecule has 1 heterocycles. The van der Waals surface area contributed by atoms with E-state index in [1.54, 1.807) is 0 Å². The van der Waals surface area contributed by atoms with Crippen molar-refractivity contribution in [1.29, 1.82) is 0 Å².